The molecule has 0 spiro atoms. The van der Waals surface area contributed by atoms with Gasteiger partial charge in [0.05, 0.1) is 19.6 Å². The van der Waals surface area contributed by atoms with Crippen LogP contribution in [0.2, 0.25) is 0 Å². The molecule has 0 aromatic carbocycles. The minimum Gasteiger partial charge on any atom is -0.480 e. The Morgan fingerprint density at radius 2 is 1.39 bits per heavy atom. The van der Waals surface area contributed by atoms with Crippen molar-refractivity contribution in [1.82, 2.24) is 19.6 Å². The Morgan fingerprint density at radius 1 is 0.857 bits per heavy atom. The quantitative estimate of drug-likeness (QED) is 0.536. The third-order valence-corrected chi connectivity index (χ3v) is 4.98. The molecule has 9 heteroatoms. The second kappa shape index (κ2) is 11.5. The van der Waals surface area contributed by atoms with Crippen LogP contribution in [0, 0.1) is 5.41 Å². The van der Waals surface area contributed by atoms with E-state index in [-0.39, 0.29) is 25.4 Å². The summed E-state index contributed by atoms with van der Waals surface area (Å²) in [7, 11) is 2.02. The Hall–Kier alpha value is -1.55. The van der Waals surface area contributed by atoms with Gasteiger partial charge in [0.2, 0.25) is 0 Å². The second-order valence-electron chi connectivity index (χ2n) is 8.59. The summed E-state index contributed by atoms with van der Waals surface area (Å²) in [6, 6.07) is 0. The molecule has 0 unspecified atom stereocenters. The van der Waals surface area contributed by atoms with Crippen molar-refractivity contribution in [3.05, 3.63) is 0 Å². The molecule has 1 aliphatic rings. The van der Waals surface area contributed by atoms with E-state index in [0.29, 0.717) is 26.2 Å². The van der Waals surface area contributed by atoms with E-state index in [9.17, 15) is 19.5 Å². The van der Waals surface area contributed by atoms with Crippen LogP contribution in [-0.2, 0) is 14.4 Å². The van der Waals surface area contributed by atoms with Crippen molar-refractivity contribution in [3.8, 4) is 0 Å². The average molecular weight is 401 g/mol. The second-order valence-corrected chi connectivity index (χ2v) is 8.59. The molecular weight excluding hydrogens is 364 g/mol. The molecule has 0 aromatic rings. The number of likely N-dealkylation sites (N-methyl/N-ethyl adjacent to an activating group) is 1. The molecule has 1 rings (SSSR count). The number of carboxylic acid groups (broad SMARTS) is 2. The summed E-state index contributed by atoms with van der Waals surface area (Å²) in [5.74, 6) is -1.76. The SMILES string of the molecule is CN1CCN(CCN(CC(=O)O)CC(=O)C(C)(C)C)CCN(CC(=O)O)CC1. The van der Waals surface area contributed by atoms with Crippen molar-refractivity contribution < 1.29 is 24.6 Å². The van der Waals surface area contributed by atoms with Crippen LogP contribution in [0.4, 0.5) is 0 Å². The molecule has 1 saturated heterocycles. The van der Waals surface area contributed by atoms with E-state index in [2.05, 4.69) is 9.80 Å². The van der Waals surface area contributed by atoms with Gasteiger partial charge in [0.1, 0.15) is 0 Å². The Morgan fingerprint density at radius 3 is 1.93 bits per heavy atom. The number of Topliss-reactive ketones (excluding diaryl/α,β-unsaturated/α-hetero) is 1. The van der Waals surface area contributed by atoms with E-state index in [1.807, 2.05) is 32.7 Å². The van der Waals surface area contributed by atoms with Crippen LogP contribution in [0.25, 0.3) is 0 Å². The normalized spacial score (nSPS) is 18.5. The highest BCUT2D eigenvalue weighted by atomic mass is 16.4. The van der Waals surface area contributed by atoms with Crippen molar-refractivity contribution in [3.63, 3.8) is 0 Å². The number of ketones is 1. The minimum atomic E-state index is -0.946. The molecule has 0 bridgehead atoms. The van der Waals surface area contributed by atoms with Crippen LogP contribution in [0.5, 0.6) is 0 Å². The molecule has 9 nitrogen and oxygen atoms in total. The first-order chi connectivity index (χ1) is 13.0. The van der Waals surface area contributed by atoms with Gasteiger partial charge in [-0.15, -0.1) is 0 Å². The van der Waals surface area contributed by atoms with Crippen molar-refractivity contribution >= 4 is 17.7 Å². The first-order valence-corrected chi connectivity index (χ1v) is 9.80. The van der Waals surface area contributed by atoms with Gasteiger partial charge >= 0.3 is 11.9 Å². The van der Waals surface area contributed by atoms with Crippen molar-refractivity contribution in [2.45, 2.75) is 20.8 Å². The Labute approximate surface area is 167 Å². The van der Waals surface area contributed by atoms with Crippen LogP contribution in [0.3, 0.4) is 0 Å². The lowest BCUT2D eigenvalue weighted by atomic mass is 9.90. The van der Waals surface area contributed by atoms with Gasteiger partial charge in [-0.1, -0.05) is 20.8 Å². The first-order valence-electron chi connectivity index (χ1n) is 9.80. The molecule has 1 heterocycles. The standard InChI is InChI=1S/C19H36N4O5/c1-19(2,3)16(24)13-23(15-18(27)28)12-10-21-7-5-20(4)6-8-22(11-9-21)14-17(25)26/h5-15H2,1-4H3,(H,25,26)(H,27,28). The summed E-state index contributed by atoms with van der Waals surface area (Å²) in [5, 5.41) is 18.3. The van der Waals surface area contributed by atoms with Crippen LogP contribution in [0.15, 0.2) is 0 Å². The van der Waals surface area contributed by atoms with E-state index in [1.54, 1.807) is 4.90 Å². The maximum Gasteiger partial charge on any atom is 0.317 e. The Kier molecular flexibility index (Phi) is 10.0. The Balaban J connectivity index is 2.67. The van der Waals surface area contributed by atoms with E-state index >= 15 is 0 Å². The number of hydrogen-bond donors (Lipinski definition) is 2. The largest absolute Gasteiger partial charge is 0.480 e. The van der Waals surface area contributed by atoms with Crippen molar-refractivity contribution in [1.29, 1.82) is 0 Å². The maximum absolute atomic E-state index is 12.3. The number of rotatable bonds is 9. The van der Waals surface area contributed by atoms with Crippen LogP contribution in [0.1, 0.15) is 20.8 Å². The van der Waals surface area contributed by atoms with Crippen LogP contribution in [-0.4, -0.2) is 127 Å². The minimum absolute atomic E-state index is 0.0191. The third kappa shape index (κ3) is 10.1. The highest BCUT2D eigenvalue weighted by molar-refractivity contribution is 5.86. The molecule has 0 aliphatic carbocycles. The predicted molar refractivity (Wildman–Crippen MR) is 107 cm³/mol. The topological polar surface area (TPSA) is 105 Å². The van der Waals surface area contributed by atoms with E-state index < -0.39 is 17.4 Å². The molecule has 0 radical (unpaired) electrons. The zero-order valence-corrected chi connectivity index (χ0v) is 17.7. The van der Waals surface area contributed by atoms with Gasteiger partial charge in [0.25, 0.3) is 0 Å². The van der Waals surface area contributed by atoms with Gasteiger partial charge in [-0.3, -0.25) is 29.1 Å². The van der Waals surface area contributed by atoms with E-state index in [0.717, 1.165) is 26.2 Å². The summed E-state index contributed by atoms with van der Waals surface area (Å²) < 4.78 is 0. The summed E-state index contributed by atoms with van der Waals surface area (Å²) in [4.78, 5) is 42.6. The zero-order chi connectivity index (χ0) is 21.3. The van der Waals surface area contributed by atoms with Crippen LogP contribution >= 0.6 is 0 Å². The highest BCUT2D eigenvalue weighted by Crippen LogP contribution is 2.15. The number of aliphatic carboxylic acids is 2. The Bertz CT molecular complexity index is 535. The summed E-state index contributed by atoms with van der Waals surface area (Å²) >= 11 is 0. The molecule has 0 atom stereocenters. The number of carbonyl (C=O) groups is 3. The number of carboxylic acids is 2. The summed E-state index contributed by atoms with van der Waals surface area (Å²) in [6.07, 6.45) is 0. The van der Waals surface area contributed by atoms with Gasteiger partial charge in [-0.25, -0.2) is 0 Å². The molecule has 2 N–H and O–H groups in total. The summed E-state index contributed by atoms with van der Waals surface area (Å²) in [6.45, 7) is 11.2. The molecule has 1 fully saturated rings. The molecule has 0 aromatic heterocycles. The molecule has 1 aliphatic heterocycles. The molecule has 28 heavy (non-hydrogen) atoms. The van der Waals surface area contributed by atoms with Gasteiger partial charge in [0.15, 0.2) is 5.78 Å². The fraction of sp³-hybridized carbons (Fsp3) is 0.842. The lowest BCUT2D eigenvalue weighted by Crippen LogP contribution is -2.45. The fourth-order valence-electron chi connectivity index (χ4n) is 2.94. The predicted octanol–water partition coefficient (Wildman–Crippen LogP) is -0.378. The maximum atomic E-state index is 12.3. The van der Waals surface area contributed by atoms with E-state index in [4.69, 9.17) is 5.11 Å². The number of nitrogens with zero attached hydrogens (tertiary/aromatic N) is 4. The monoisotopic (exact) mass is 400 g/mol. The third-order valence-electron chi connectivity index (χ3n) is 4.98. The fourth-order valence-corrected chi connectivity index (χ4v) is 2.94. The van der Waals surface area contributed by atoms with Gasteiger partial charge < -0.3 is 15.1 Å². The highest BCUT2D eigenvalue weighted by Gasteiger charge is 2.25. The lowest BCUT2D eigenvalue weighted by Gasteiger charge is -2.29. The molecule has 0 saturated carbocycles. The van der Waals surface area contributed by atoms with Gasteiger partial charge in [-0.2, -0.15) is 0 Å². The van der Waals surface area contributed by atoms with Crippen LogP contribution < -0.4 is 0 Å². The van der Waals surface area contributed by atoms with E-state index in [1.165, 1.54) is 0 Å². The van der Waals surface area contributed by atoms with Gasteiger partial charge in [0, 0.05) is 57.8 Å². The lowest BCUT2D eigenvalue weighted by molar-refractivity contribution is -0.139. The smallest absolute Gasteiger partial charge is 0.317 e. The first kappa shape index (κ1) is 24.5. The van der Waals surface area contributed by atoms with Crippen molar-refractivity contribution in [2.75, 3.05) is 79.0 Å². The summed E-state index contributed by atoms with van der Waals surface area (Å²) in [5.41, 5.74) is -0.505. The molecule has 162 valence electrons. The number of carbonyl (C=O) groups excluding carboxylic acids is 1. The van der Waals surface area contributed by atoms with Gasteiger partial charge in [-0.05, 0) is 7.05 Å². The zero-order valence-electron chi connectivity index (χ0n) is 17.7. The molecular formula is C19H36N4O5. The number of hydrogen-bond acceptors (Lipinski definition) is 7. The van der Waals surface area contributed by atoms with Crippen molar-refractivity contribution in [2.24, 2.45) is 5.41 Å². The average Bonchev–Trinajstić information content (AvgIpc) is 2.63. The molecule has 0 amide bonds.